The summed E-state index contributed by atoms with van der Waals surface area (Å²) in [6, 6.07) is 5.74. The molecule has 0 radical (unpaired) electrons. The Morgan fingerprint density at radius 1 is 1.28 bits per heavy atom. The van der Waals surface area contributed by atoms with E-state index in [4.69, 9.17) is 9.47 Å². The molecule has 132 valence electrons. The Morgan fingerprint density at radius 2 is 2.08 bits per heavy atom. The number of nitrogens with zero attached hydrogens (tertiary/aromatic N) is 4. The highest BCUT2D eigenvalue weighted by molar-refractivity contribution is 5.93. The van der Waals surface area contributed by atoms with Crippen LogP contribution >= 0.6 is 0 Å². The number of aromatic nitrogens is 3. The Kier molecular flexibility index (Phi) is 4.04. The third-order valence-corrected chi connectivity index (χ3v) is 4.63. The molecule has 1 aromatic carbocycles. The lowest BCUT2D eigenvalue weighted by Gasteiger charge is -2.33. The second-order valence-corrected chi connectivity index (χ2v) is 6.31. The van der Waals surface area contributed by atoms with Crippen molar-refractivity contribution in [2.75, 3.05) is 32.8 Å². The first-order valence-corrected chi connectivity index (χ1v) is 8.49. The lowest BCUT2D eigenvalue weighted by atomic mass is 10.2. The van der Waals surface area contributed by atoms with Crippen LogP contribution in [-0.2, 0) is 0 Å². The summed E-state index contributed by atoms with van der Waals surface area (Å²) in [5.74, 6) is 1.33. The summed E-state index contributed by atoms with van der Waals surface area (Å²) in [6.07, 6.45) is 0. The van der Waals surface area contributed by atoms with Crippen molar-refractivity contribution in [1.29, 1.82) is 0 Å². The molecule has 1 amide bonds. The third kappa shape index (κ3) is 2.82. The molecule has 0 aliphatic carbocycles. The van der Waals surface area contributed by atoms with Crippen LogP contribution in [-0.4, -0.2) is 64.7 Å². The van der Waals surface area contributed by atoms with Crippen LogP contribution in [0, 0.1) is 6.92 Å². The number of piperazine rings is 1. The van der Waals surface area contributed by atoms with Gasteiger partial charge in [0.25, 0.3) is 5.91 Å². The van der Waals surface area contributed by atoms with Crippen molar-refractivity contribution in [3.63, 3.8) is 0 Å². The number of fused-ring (bicyclic) bond motifs is 1. The van der Waals surface area contributed by atoms with Crippen molar-refractivity contribution in [2.45, 2.75) is 19.9 Å². The highest BCUT2D eigenvalue weighted by Gasteiger charge is 2.28. The summed E-state index contributed by atoms with van der Waals surface area (Å²) in [4.78, 5) is 14.7. The smallest absolute Gasteiger partial charge is 0.276 e. The van der Waals surface area contributed by atoms with E-state index >= 15 is 0 Å². The van der Waals surface area contributed by atoms with Gasteiger partial charge in [-0.05, 0) is 26.0 Å². The topological polar surface area (TPSA) is 81.5 Å². The maximum Gasteiger partial charge on any atom is 0.276 e. The SMILES string of the molecule is Cc1c(C(=O)N2CCNC[C@@H]2C)nnn1-c1ccc2c(c1)OCCO2. The second kappa shape index (κ2) is 6.36. The van der Waals surface area contributed by atoms with Crippen molar-refractivity contribution < 1.29 is 14.3 Å². The van der Waals surface area contributed by atoms with Gasteiger partial charge in [0.1, 0.15) is 13.2 Å². The molecule has 2 aromatic rings. The van der Waals surface area contributed by atoms with E-state index in [0.29, 0.717) is 36.9 Å². The van der Waals surface area contributed by atoms with E-state index in [9.17, 15) is 4.79 Å². The molecule has 25 heavy (non-hydrogen) atoms. The summed E-state index contributed by atoms with van der Waals surface area (Å²) >= 11 is 0. The Bertz CT molecular complexity index is 804. The van der Waals surface area contributed by atoms with Crippen LogP contribution in [0.4, 0.5) is 0 Å². The summed E-state index contributed by atoms with van der Waals surface area (Å²) in [7, 11) is 0. The molecule has 4 rings (SSSR count). The minimum Gasteiger partial charge on any atom is -0.486 e. The Morgan fingerprint density at radius 3 is 2.88 bits per heavy atom. The number of carbonyl (C=O) groups excluding carboxylic acids is 1. The highest BCUT2D eigenvalue weighted by atomic mass is 16.6. The van der Waals surface area contributed by atoms with Crippen LogP contribution in [0.3, 0.4) is 0 Å². The minimum absolute atomic E-state index is 0.0738. The minimum atomic E-state index is -0.0738. The molecule has 0 spiro atoms. The van der Waals surface area contributed by atoms with Crippen molar-refractivity contribution in [3.8, 4) is 17.2 Å². The Balaban J connectivity index is 1.64. The van der Waals surface area contributed by atoms with Crippen LogP contribution in [0.25, 0.3) is 5.69 Å². The fourth-order valence-electron chi connectivity index (χ4n) is 3.21. The third-order valence-electron chi connectivity index (χ3n) is 4.63. The first kappa shape index (κ1) is 15.9. The molecule has 1 N–H and O–H groups in total. The zero-order valence-electron chi connectivity index (χ0n) is 14.4. The van der Waals surface area contributed by atoms with Gasteiger partial charge < -0.3 is 19.7 Å². The standard InChI is InChI=1S/C17H21N5O3/c1-11-10-18-5-6-21(11)17(23)16-12(2)22(20-19-16)13-3-4-14-15(9-13)25-8-7-24-14/h3-4,9,11,18H,5-8,10H2,1-2H3/t11-/m0/s1. The molecule has 2 aliphatic rings. The van der Waals surface area contributed by atoms with Crippen molar-refractivity contribution >= 4 is 5.91 Å². The lowest BCUT2D eigenvalue weighted by molar-refractivity contribution is 0.0649. The molecule has 0 unspecified atom stereocenters. The van der Waals surface area contributed by atoms with E-state index in [-0.39, 0.29) is 11.9 Å². The fraction of sp³-hybridized carbons (Fsp3) is 0.471. The summed E-state index contributed by atoms with van der Waals surface area (Å²) in [6.45, 7) is 7.23. The average molecular weight is 343 g/mol. The monoisotopic (exact) mass is 343 g/mol. The number of nitrogens with one attached hydrogen (secondary N) is 1. The van der Waals surface area contributed by atoms with E-state index in [2.05, 4.69) is 15.6 Å². The maximum absolute atomic E-state index is 12.8. The van der Waals surface area contributed by atoms with Gasteiger partial charge in [0.2, 0.25) is 0 Å². The number of rotatable bonds is 2. The highest BCUT2D eigenvalue weighted by Crippen LogP contribution is 2.32. The number of benzene rings is 1. The van der Waals surface area contributed by atoms with Gasteiger partial charge >= 0.3 is 0 Å². The molecule has 0 bridgehead atoms. The second-order valence-electron chi connectivity index (χ2n) is 6.31. The van der Waals surface area contributed by atoms with Crippen LogP contribution in [0.1, 0.15) is 23.1 Å². The van der Waals surface area contributed by atoms with E-state index in [1.165, 1.54) is 0 Å². The van der Waals surface area contributed by atoms with Crippen molar-refractivity contribution in [1.82, 2.24) is 25.2 Å². The largest absolute Gasteiger partial charge is 0.486 e. The Labute approximate surface area is 145 Å². The number of hydrogen-bond acceptors (Lipinski definition) is 6. The molecule has 8 heteroatoms. The Hall–Kier alpha value is -2.61. The number of ether oxygens (including phenoxy) is 2. The zero-order valence-corrected chi connectivity index (χ0v) is 14.4. The van der Waals surface area contributed by atoms with Gasteiger partial charge in [-0.2, -0.15) is 0 Å². The predicted molar refractivity (Wildman–Crippen MR) is 90.5 cm³/mol. The first-order valence-electron chi connectivity index (χ1n) is 8.49. The molecule has 1 aromatic heterocycles. The summed E-state index contributed by atoms with van der Waals surface area (Å²) in [5, 5.41) is 11.6. The van der Waals surface area contributed by atoms with Gasteiger partial charge in [0, 0.05) is 31.7 Å². The summed E-state index contributed by atoms with van der Waals surface area (Å²) in [5.41, 5.74) is 1.90. The number of hydrogen-bond donors (Lipinski definition) is 1. The quantitative estimate of drug-likeness (QED) is 0.868. The van der Waals surface area contributed by atoms with Crippen LogP contribution in [0.5, 0.6) is 11.5 Å². The molecule has 3 heterocycles. The van der Waals surface area contributed by atoms with E-state index in [0.717, 1.165) is 24.5 Å². The van der Waals surface area contributed by atoms with Gasteiger partial charge in [-0.15, -0.1) is 5.10 Å². The number of carbonyl (C=O) groups is 1. The van der Waals surface area contributed by atoms with Crippen LogP contribution in [0.2, 0.25) is 0 Å². The molecule has 0 saturated carbocycles. The van der Waals surface area contributed by atoms with Gasteiger partial charge in [0.15, 0.2) is 17.2 Å². The molecule has 2 aliphatic heterocycles. The molecular formula is C17H21N5O3. The summed E-state index contributed by atoms with van der Waals surface area (Å²) < 4.78 is 12.8. The van der Waals surface area contributed by atoms with Gasteiger partial charge in [-0.25, -0.2) is 4.68 Å². The lowest BCUT2D eigenvalue weighted by Crippen LogP contribution is -2.52. The maximum atomic E-state index is 12.8. The van der Waals surface area contributed by atoms with E-state index in [1.807, 2.05) is 36.9 Å². The fourth-order valence-corrected chi connectivity index (χ4v) is 3.21. The van der Waals surface area contributed by atoms with E-state index < -0.39 is 0 Å². The molecule has 1 saturated heterocycles. The van der Waals surface area contributed by atoms with Gasteiger partial charge in [-0.3, -0.25) is 4.79 Å². The molecule has 1 atom stereocenters. The van der Waals surface area contributed by atoms with Gasteiger partial charge in [0.05, 0.1) is 11.4 Å². The van der Waals surface area contributed by atoms with Crippen LogP contribution < -0.4 is 14.8 Å². The predicted octanol–water partition coefficient (Wildman–Crippen LogP) is 0.781. The molecular weight excluding hydrogens is 322 g/mol. The molecule has 8 nitrogen and oxygen atoms in total. The first-order chi connectivity index (χ1) is 12.1. The van der Waals surface area contributed by atoms with Crippen molar-refractivity contribution in [3.05, 3.63) is 29.6 Å². The van der Waals surface area contributed by atoms with Crippen molar-refractivity contribution in [2.24, 2.45) is 0 Å². The van der Waals surface area contributed by atoms with Gasteiger partial charge in [-0.1, -0.05) is 5.21 Å². The average Bonchev–Trinajstić information content (AvgIpc) is 3.02. The molecule has 1 fully saturated rings. The van der Waals surface area contributed by atoms with Crippen LogP contribution in [0.15, 0.2) is 18.2 Å². The van der Waals surface area contributed by atoms with E-state index in [1.54, 1.807) is 4.68 Å². The number of amides is 1. The normalized spacial score (nSPS) is 19.8. The zero-order chi connectivity index (χ0) is 17.4.